The molecule has 0 aliphatic heterocycles. The highest BCUT2D eigenvalue weighted by molar-refractivity contribution is 5.99. The average Bonchev–Trinajstić information content (AvgIpc) is 2.67. The van der Waals surface area contributed by atoms with Crippen molar-refractivity contribution in [1.29, 1.82) is 0 Å². The molecule has 0 unspecified atom stereocenters. The van der Waals surface area contributed by atoms with E-state index in [-0.39, 0.29) is 5.78 Å². The number of rotatable bonds is 1. The van der Waals surface area contributed by atoms with Crippen LogP contribution in [0.3, 0.4) is 0 Å². The van der Waals surface area contributed by atoms with Gasteiger partial charge in [0.15, 0.2) is 5.78 Å². The van der Waals surface area contributed by atoms with Gasteiger partial charge in [0.1, 0.15) is 0 Å². The third-order valence-corrected chi connectivity index (χ3v) is 3.79. The number of carbonyl (C=O) groups is 1. The molecule has 1 aromatic heterocycles. The second-order valence-corrected chi connectivity index (χ2v) is 5.59. The van der Waals surface area contributed by atoms with Crippen molar-refractivity contribution in [2.45, 2.75) is 33.6 Å². The van der Waals surface area contributed by atoms with E-state index >= 15 is 0 Å². The quantitative estimate of drug-likeness (QED) is 0.783. The van der Waals surface area contributed by atoms with Gasteiger partial charge in [0.25, 0.3) is 0 Å². The molecule has 0 saturated carbocycles. The first-order chi connectivity index (χ1) is 9.06. The van der Waals surface area contributed by atoms with Crippen molar-refractivity contribution in [3.63, 3.8) is 0 Å². The minimum atomic E-state index is 0.240. The average molecular weight is 254 g/mol. The summed E-state index contributed by atoms with van der Waals surface area (Å²) in [5.74, 6) is 0.643. The van der Waals surface area contributed by atoms with E-state index in [1.807, 2.05) is 11.6 Å². The largest absolute Gasteiger partial charge is 0.294 e. The van der Waals surface area contributed by atoms with Crippen LogP contribution in [0.4, 0.5) is 0 Å². The first-order valence-corrected chi connectivity index (χ1v) is 6.75. The summed E-state index contributed by atoms with van der Waals surface area (Å²) in [7, 11) is 0. The van der Waals surface area contributed by atoms with Crippen molar-refractivity contribution in [3.05, 3.63) is 46.8 Å². The van der Waals surface area contributed by atoms with Crippen molar-refractivity contribution in [3.8, 4) is 5.69 Å². The predicted octanol–water partition coefficient (Wildman–Crippen LogP) is 3.25. The van der Waals surface area contributed by atoms with Crippen molar-refractivity contribution < 1.29 is 4.79 Å². The van der Waals surface area contributed by atoms with E-state index in [0.29, 0.717) is 12.3 Å². The molecule has 19 heavy (non-hydrogen) atoms. The van der Waals surface area contributed by atoms with Gasteiger partial charge in [0.05, 0.1) is 22.6 Å². The Bertz CT molecular complexity index is 638. The molecule has 0 fully saturated rings. The Morgan fingerprint density at radius 3 is 2.53 bits per heavy atom. The summed E-state index contributed by atoms with van der Waals surface area (Å²) in [6, 6.07) is 8.28. The van der Waals surface area contributed by atoms with Crippen LogP contribution in [0.1, 0.15) is 40.7 Å². The number of Topliss-reactive ketones (excluding diaryl/α,β-unsaturated/α-hetero) is 1. The zero-order valence-corrected chi connectivity index (χ0v) is 11.6. The second kappa shape index (κ2) is 4.34. The molecule has 98 valence electrons. The summed E-state index contributed by atoms with van der Waals surface area (Å²) in [5.41, 5.74) is 5.04. The Morgan fingerprint density at radius 1 is 1.16 bits per heavy atom. The van der Waals surface area contributed by atoms with Crippen molar-refractivity contribution in [2.75, 3.05) is 0 Å². The third-order valence-electron chi connectivity index (χ3n) is 3.79. The van der Waals surface area contributed by atoms with Crippen LogP contribution in [0.25, 0.3) is 5.69 Å². The Kier molecular flexibility index (Phi) is 2.77. The Labute approximate surface area is 113 Å². The number of aromatic nitrogens is 2. The maximum absolute atomic E-state index is 12.2. The van der Waals surface area contributed by atoms with Crippen molar-refractivity contribution in [1.82, 2.24) is 9.78 Å². The van der Waals surface area contributed by atoms with Crippen LogP contribution in [-0.2, 0) is 6.42 Å². The van der Waals surface area contributed by atoms with E-state index in [1.54, 1.807) is 0 Å². The van der Waals surface area contributed by atoms with E-state index in [0.717, 1.165) is 29.1 Å². The number of fused-ring (bicyclic) bond motifs is 1. The highest BCUT2D eigenvalue weighted by Crippen LogP contribution is 2.29. The molecule has 1 aliphatic rings. The molecule has 1 atom stereocenters. The number of ketones is 1. The van der Waals surface area contributed by atoms with E-state index in [1.165, 1.54) is 5.56 Å². The molecular formula is C16H18N2O. The summed E-state index contributed by atoms with van der Waals surface area (Å²) in [6.07, 6.45) is 1.57. The molecule has 3 nitrogen and oxygen atoms in total. The zero-order valence-electron chi connectivity index (χ0n) is 11.6. The minimum Gasteiger partial charge on any atom is -0.294 e. The fourth-order valence-corrected chi connectivity index (χ4v) is 2.85. The topological polar surface area (TPSA) is 34.9 Å². The first-order valence-electron chi connectivity index (χ1n) is 6.75. The molecule has 3 rings (SSSR count). The van der Waals surface area contributed by atoms with Gasteiger partial charge in [-0.15, -0.1) is 0 Å². The van der Waals surface area contributed by atoms with Crippen LogP contribution in [-0.4, -0.2) is 15.6 Å². The number of aryl methyl sites for hydroxylation is 2. The molecule has 0 spiro atoms. The number of benzene rings is 1. The highest BCUT2D eigenvalue weighted by Gasteiger charge is 2.29. The maximum atomic E-state index is 12.2. The fraction of sp³-hybridized carbons (Fsp3) is 0.375. The van der Waals surface area contributed by atoms with E-state index in [4.69, 9.17) is 0 Å². The number of carbonyl (C=O) groups excluding carboxylic acids is 1. The van der Waals surface area contributed by atoms with Gasteiger partial charge in [-0.05, 0) is 38.3 Å². The molecular weight excluding hydrogens is 236 g/mol. The summed E-state index contributed by atoms with van der Waals surface area (Å²) in [4.78, 5) is 12.2. The minimum absolute atomic E-state index is 0.240. The van der Waals surface area contributed by atoms with Gasteiger partial charge in [0.2, 0.25) is 0 Å². The SMILES string of the molecule is Cc1ccc(-n2nc(C)c3c2C[C@@H](C)CC3=O)cc1. The van der Waals surface area contributed by atoms with Crippen LogP contribution < -0.4 is 0 Å². The monoisotopic (exact) mass is 254 g/mol. The maximum Gasteiger partial charge on any atom is 0.166 e. The van der Waals surface area contributed by atoms with Crippen LogP contribution in [0.2, 0.25) is 0 Å². The number of hydrogen-bond acceptors (Lipinski definition) is 2. The molecule has 0 saturated heterocycles. The lowest BCUT2D eigenvalue weighted by Gasteiger charge is -2.19. The predicted molar refractivity (Wildman–Crippen MR) is 74.9 cm³/mol. The normalized spacial score (nSPS) is 18.5. The molecule has 2 aromatic rings. The van der Waals surface area contributed by atoms with Gasteiger partial charge in [0, 0.05) is 6.42 Å². The smallest absolute Gasteiger partial charge is 0.166 e. The lowest BCUT2D eigenvalue weighted by atomic mass is 9.87. The molecule has 3 heteroatoms. The first kappa shape index (κ1) is 12.2. The van der Waals surface area contributed by atoms with Crippen LogP contribution in [0.15, 0.2) is 24.3 Å². The number of nitrogens with zero attached hydrogens (tertiary/aromatic N) is 2. The second-order valence-electron chi connectivity index (χ2n) is 5.59. The molecule has 1 aliphatic carbocycles. The Morgan fingerprint density at radius 2 is 1.84 bits per heavy atom. The molecule has 0 amide bonds. The molecule has 0 radical (unpaired) electrons. The van der Waals surface area contributed by atoms with Crippen LogP contribution >= 0.6 is 0 Å². The summed E-state index contributed by atoms with van der Waals surface area (Å²) in [6.45, 7) is 6.12. The van der Waals surface area contributed by atoms with Gasteiger partial charge in [-0.25, -0.2) is 4.68 Å². The van der Waals surface area contributed by atoms with Crippen LogP contribution in [0, 0.1) is 19.8 Å². The number of hydrogen-bond donors (Lipinski definition) is 0. The van der Waals surface area contributed by atoms with Crippen molar-refractivity contribution >= 4 is 5.78 Å². The van der Waals surface area contributed by atoms with Gasteiger partial charge in [-0.1, -0.05) is 24.6 Å². The molecule has 0 bridgehead atoms. The van der Waals surface area contributed by atoms with Gasteiger partial charge in [-0.3, -0.25) is 4.79 Å². The van der Waals surface area contributed by atoms with Gasteiger partial charge >= 0.3 is 0 Å². The van der Waals surface area contributed by atoms with E-state index in [9.17, 15) is 4.79 Å². The van der Waals surface area contributed by atoms with E-state index in [2.05, 4.69) is 43.2 Å². The summed E-state index contributed by atoms with van der Waals surface area (Å²) < 4.78 is 1.94. The molecule has 0 N–H and O–H groups in total. The van der Waals surface area contributed by atoms with Gasteiger partial charge in [-0.2, -0.15) is 5.10 Å². The third kappa shape index (κ3) is 1.99. The van der Waals surface area contributed by atoms with Crippen LogP contribution in [0.5, 0.6) is 0 Å². The summed E-state index contributed by atoms with van der Waals surface area (Å²) >= 11 is 0. The standard InChI is InChI=1S/C16H18N2O/c1-10-4-6-13(7-5-10)18-14-8-11(2)9-15(19)16(14)12(3)17-18/h4-7,11H,8-9H2,1-3H3/t11-/m1/s1. The Balaban J connectivity index is 2.16. The lowest BCUT2D eigenvalue weighted by molar-refractivity contribution is 0.0952. The lowest BCUT2D eigenvalue weighted by Crippen LogP contribution is -2.19. The van der Waals surface area contributed by atoms with Gasteiger partial charge < -0.3 is 0 Å². The van der Waals surface area contributed by atoms with Crippen molar-refractivity contribution in [2.24, 2.45) is 5.92 Å². The summed E-state index contributed by atoms with van der Waals surface area (Å²) in [5, 5.41) is 4.57. The molecule has 1 heterocycles. The van der Waals surface area contributed by atoms with E-state index < -0.39 is 0 Å². The zero-order chi connectivity index (χ0) is 13.6. The fourth-order valence-electron chi connectivity index (χ4n) is 2.85. The highest BCUT2D eigenvalue weighted by atomic mass is 16.1. The Hall–Kier alpha value is -1.90. The molecule has 1 aromatic carbocycles.